The van der Waals surface area contributed by atoms with Crippen molar-refractivity contribution >= 4 is 5.97 Å². The van der Waals surface area contributed by atoms with Gasteiger partial charge in [0.15, 0.2) is 18.9 Å². The molecule has 7 fully saturated rings. The van der Waals surface area contributed by atoms with Gasteiger partial charge in [0, 0.05) is 5.41 Å². The van der Waals surface area contributed by atoms with Gasteiger partial charge in [-0.2, -0.15) is 0 Å². The van der Waals surface area contributed by atoms with E-state index in [1.807, 2.05) is 6.92 Å². The van der Waals surface area contributed by atoms with Crippen molar-refractivity contribution < 1.29 is 79.2 Å². The molecule has 0 aromatic heterocycles. The number of aliphatic hydroxyl groups excluding tert-OH is 8. The average Bonchev–Trinajstić information content (AvgIpc) is 3.22. The number of aliphatic carboxylic acids is 1. The van der Waals surface area contributed by atoms with Gasteiger partial charge in [-0.25, -0.2) is 0 Å². The van der Waals surface area contributed by atoms with E-state index in [1.165, 1.54) is 12.5 Å². The minimum absolute atomic E-state index is 0.00380. The number of carbonyl (C=O) groups is 1. The van der Waals surface area contributed by atoms with Crippen LogP contribution in [0.5, 0.6) is 0 Å². The predicted octanol–water partition coefficient (Wildman–Crippen LogP) is 1.98. The van der Waals surface area contributed by atoms with Gasteiger partial charge in [-0.15, -0.1) is 0 Å². The third kappa shape index (κ3) is 7.19. The normalized spacial score (nSPS) is 55.1. The van der Waals surface area contributed by atoms with Crippen molar-refractivity contribution in [3.8, 4) is 0 Å². The number of rotatable bonds is 8. The summed E-state index contributed by atoms with van der Waals surface area (Å²) in [6.45, 7) is 14.4. The van der Waals surface area contributed by atoms with Gasteiger partial charge < -0.3 is 74.4 Å². The SMILES string of the molecule is C[C@@H]1O[C@@H](O[C@H]2[C@H](O[C@H]3CC[C@@]4(C)[C@@H](CC[C@]5(C)[C@@H]4CC=C4[C@@H]6CC(C)(C)CC[C@]6(C(=O)O)CC[C@]45C)[C@]3(C)CO)OC[C@H](O)[C@@H]2O[C@@H]2OC[C@@H](O)[C@H](O)[C@H]2O)[C@H](O)[C@H](O)[C@H]1O. The van der Waals surface area contributed by atoms with E-state index in [0.29, 0.717) is 19.3 Å². The lowest BCUT2D eigenvalue weighted by Crippen LogP contribution is -2.67. The zero-order valence-corrected chi connectivity index (χ0v) is 37.5. The molecule has 0 radical (unpaired) electrons. The van der Waals surface area contributed by atoms with Crippen LogP contribution >= 0.6 is 0 Å². The Labute approximate surface area is 364 Å². The highest BCUT2D eigenvalue weighted by atomic mass is 16.8. The van der Waals surface area contributed by atoms with Gasteiger partial charge >= 0.3 is 5.97 Å². The first-order valence-electron chi connectivity index (χ1n) is 23.1. The smallest absolute Gasteiger partial charge is 0.310 e. The van der Waals surface area contributed by atoms with E-state index in [2.05, 4.69) is 40.7 Å². The second kappa shape index (κ2) is 16.5. The Bertz CT molecular complexity index is 1690. The summed E-state index contributed by atoms with van der Waals surface area (Å²) in [6, 6.07) is 0. The van der Waals surface area contributed by atoms with Crippen molar-refractivity contribution in [3.63, 3.8) is 0 Å². The van der Waals surface area contributed by atoms with Crippen LogP contribution < -0.4 is 0 Å². The first kappa shape index (κ1) is 47.2. The van der Waals surface area contributed by atoms with E-state index >= 15 is 0 Å². The molecule has 3 saturated heterocycles. The second-order valence-corrected chi connectivity index (χ2v) is 22.4. The molecule has 8 aliphatic rings. The average molecular weight is 883 g/mol. The number of carboxylic acids is 1. The highest BCUT2D eigenvalue weighted by molar-refractivity contribution is 5.76. The lowest BCUT2D eigenvalue weighted by atomic mass is 9.33. The summed E-state index contributed by atoms with van der Waals surface area (Å²) in [5.74, 6) is -0.403. The fourth-order valence-electron chi connectivity index (χ4n) is 14.5. The van der Waals surface area contributed by atoms with Crippen LogP contribution in [0.25, 0.3) is 0 Å². The minimum Gasteiger partial charge on any atom is -0.481 e. The van der Waals surface area contributed by atoms with Crippen molar-refractivity contribution in [3.05, 3.63) is 11.6 Å². The van der Waals surface area contributed by atoms with E-state index < -0.39 is 103 Å². The minimum atomic E-state index is -1.73. The Morgan fingerprint density at radius 3 is 2.05 bits per heavy atom. The van der Waals surface area contributed by atoms with Crippen LogP contribution in [-0.4, -0.2) is 158 Å². The number of hydrogen-bond donors (Lipinski definition) is 9. The lowest BCUT2D eigenvalue weighted by molar-refractivity contribution is -0.384. The van der Waals surface area contributed by atoms with Crippen LogP contribution in [0.15, 0.2) is 11.6 Å². The van der Waals surface area contributed by atoms with E-state index in [1.54, 1.807) is 0 Å². The molecule has 0 aromatic carbocycles. The van der Waals surface area contributed by atoms with Crippen LogP contribution in [-0.2, 0) is 33.2 Å². The highest BCUT2D eigenvalue weighted by Gasteiger charge is 2.70. The van der Waals surface area contributed by atoms with Crippen LogP contribution in [0.1, 0.15) is 113 Å². The fourth-order valence-corrected chi connectivity index (χ4v) is 14.5. The Hall–Kier alpha value is -1.35. The van der Waals surface area contributed by atoms with Crippen LogP contribution in [0.3, 0.4) is 0 Å². The predicted molar refractivity (Wildman–Crippen MR) is 219 cm³/mol. The Balaban J connectivity index is 1.08. The van der Waals surface area contributed by atoms with Crippen molar-refractivity contribution in [2.45, 2.75) is 199 Å². The molecule has 62 heavy (non-hydrogen) atoms. The third-order valence-corrected chi connectivity index (χ3v) is 18.7. The van der Waals surface area contributed by atoms with Gasteiger partial charge in [0.2, 0.25) is 0 Å². The second-order valence-electron chi connectivity index (χ2n) is 22.4. The topological polar surface area (TPSA) is 255 Å². The third-order valence-electron chi connectivity index (χ3n) is 18.7. The van der Waals surface area contributed by atoms with E-state index in [4.69, 9.17) is 28.4 Å². The summed E-state index contributed by atoms with van der Waals surface area (Å²) < 4.78 is 36.8. The Morgan fingerprint density at radius 2 is 1.35 bits per heavy atom. The summed E-state index contributed by atoms with van der Waals surface area (Å²) in [4.78, 5) is 13.1. The molecule has 22 atom stereocenters. The van der Waals surface area contributed by atoms with Gasteiger partial charge in [-0.3, -0.25) is 4.79 Å². The maximum atomic E-state index is 13.1. The quantitative estimate of drug-likeness (QED) is 0.125. The maximum absolute atomic E-state index is 13.1. The lowest BCUT2D eigenvalue weighted by Gasteiger charge is -2.71. The molecule has 0 bridgehead atoms. The zero-order valence-electron chi connectivity index (χ0n) is 37.5. The maximum Gasteiger partial charge on any atom is 0.310 e. The molecule has 16 heteroatoms. The summed E-state index contributed by atoms with van der Waals surface area (Å²) in [5, 5.41) is 97.0. The van der Waals surface area contributed by atoms with Gasteiger partial charge in [-0.05, 0) is 111 Å². The standard InChI is InChI=1S/C46H74O16/c1-22-30(50)32(52)34(54)38(59-22)62-36-35(61-37-33(53)31(51)25(48)19-57-37)26(49)20-58-39(36)60-29-11-12-42(4)27(43(29,5)21-47)10-13-45(7)28(42)9-8-23-24-18-41(2,3)14-16-46(24,40(55)56)17-15-44(23,45)6/h8,22,24-39,47-54H,9-21H2,1-7H3,(H,55,56)/t22-,24-,25+,26-,27+,28+,29-,30-,31-,32+,33+,34+,35-,36+,37-,38-,39-,42-,43-,44+,45+,46-/m0/s1. The molecular weight excluding hydrogens is 808 g/mol. The molecule has 4 saturated carbocycles. The zero-order chi connectivity index (χ0) is 45.1. The van der Waals surface area contributed by atoms with Crippen molar-refractivity contribution in [1.29, 1.82) is 0 Å². The molecule has 16 nitrogen and oxygen atoms in total. The summed E-state index contributed by atoms with van der Waals surface area (Å²) >= 11 is 0. The van der Waals surface area contributed by atoms with Crippen LogP contribution in [0.2, 0.25) is 0 Å². The molecule has 9 N–H and O–H groups in total. The van der Waals surface area contributed by atoms with E-state index in [0.717, 1.165) is 44.9 Å². The number of fused-ring (bicyclic) bond motifs is 7. The van der Waals surface area contributed by atoms with Crippen LogP contribution in [0, 0.1) is 50.2 Å². The number of ether oxygens (including phenoxy) is 6. The first-order chi connectivity index (χ1) is 29.0. The fraction of sp³-hybridized carbons (Fsp3) is 0.935. The number of carboxylic acid groups (broad SMARTS) is 1. The number of allylic oxidation sites excluding steroid dienone is 2. The first-order valence-corrected chi connectivity index (χ1v) is 23.1. The number of hydrogen-bond acceptors (Lipinski definition) is 15. The molecule has 8 rings (SSSR count). The summed E-state index contributed by atoms with van der Waals surface area (Å²) in [7, 11) is 0. The summed E-state index contributed by atoms with van der Waals surface area (Å²) in [5.41, 5.74) is -0.637. The van der Waals surface area contributed by atoms with Crippen molar-refractivity contribution in [2.24, 2.45) is 50.2 Å². The van der Waals surface area contributed by atoms with Gasteiger partial charge in [0.05, 0.1) is 37.4 Å². The van der Waals surface area contributed by atoms with Gasteiger partial charge in [-0.1, -0.05) is 53.2 Å². The number of aliphatic hydroxyl groups is 8. The molecule has 3 heterocycles. The van der Waals surface area contributed by atoms with Crippen LogP contribution in [0.4, 0.5) is 0 Å². The van der Waals surface area contributed by atoms with Gasteiger partial charge in [0.1, 0.15) is 54.9 Å². The Kier molecular flexibility index (Phi) is 12.5. The molecule has 3 aliphatic heterocycles. The molecule has 5 aliphatic carbocycles. The van der Waals surface area contributed by atoms with Gasteiger partial charge in [0.25, 0.3) is 0 Å². The summed E-state index contributed by atoms with van der Waals surface area (Å²) in [6.07, 6.45) is -9.39. The molecule has 354 valence electrons. The van der Waals surface area contributed by atoms with Crippen molar-refractivity contribution in [2.75, 3.05) is 19.8 Å². The Morgan fingerprint density at radius 1 is 0.710 bits per heavy atom. The molecule has 0 unspecified atom stereocenters. The monoisotopic (exact) mass is 882 g/mol. The van der Waals surface area contributed by atoms with E-state index in [-0.39, 0.29) is 59.2 Å². The molecular formula is C46H74O16. The van der Waals surface area contributed by atoms with Crippen molar-refractivity contribution in [1.82, 2.24) is 0 Å². The molecule has 0 amide bonds. The largest absolute Gasteiger partial charge is 0.481 e. The van der Waals surface area contributed by atoms with E-state index in [9.17, 15) is 50.8 Å². The molecule has 0 aromatic rings. The highest BCUT2D eigenvalue weighted by Crippen LogP contribution is 2.76. The molecule has 0 spiro atoms.